The number of aromatic nitrogens is 2. The van der Waals surface area contributed by atoms with E-state index in [2.05, 4.69) is 16.1 Å². The van der Waals surface area contributed by atoms with Gasteiger partial charge in [-0.3, -0.25) is 9.00 Å². The molecule has 3 heterocycles. The summed E-state index contributed by atoms with van der Waals surface area (Å²) in [5.41, 5.74) is 2.44. The van der Waals surface area contributed by atoms with Gasteiger partial charge in [-0.25, -0.2) is 0 Å². The minimum Gasteiger partial charge on any atom is -0.486 e. The molecule has 0 radical (unpaired) electrons. The molecule has 0 amide bonds. The SMILES string of the molecule is O=c1c(OCC2CCCCC2)c(N2CCS3(=O)(CC2)Cc2ccccc23)cnn1-c1ccccc1. The van der Waals surface area contributed by atoms with Gasteiger partial charge in [0.05, 0.1) is 18.5 Å². The smallest absolute Gasteiger partial charge is 0.316 e. The summed E-state index contributed by atoms with van der Waals surface area (Å²) in [5.74, 6) is 2.80. The van der Waals surface area contributed by atoms with Gasteiger partial charge in [0.2, 0.25) is 5.75 Å². The molecule has 2 fully saturated rings. The third kappa shape index (κ3) is 3.90. The molecular weight excluding hydrogens is 458 g/mol. The molecule has 184 valence electrons. The van der Waals surface area contributed by atoms with E-state index >= 15 is 0 Å². The zero-order valence-electron chi connectivity index (χ0n) is 20.1. The Labute approximate surface area is 206 Å². The van der Waals surface area contributed by atoms with Gasteiger partial charge in [0.15, 0.2) is 0 Å². The van der Waals surface area contributed by atoms with Crippen molar-refractivity contribution in [1.82, 2.24) is 9.78 Å². The number of hydrogen-bond acceptors (Lipinski definition) is 5. The molecule has 1 spiro atoms. The molecule has 3 aromatic rings. The van der Waals surface area contributed by atoms with Crippen LogP contribution in [0.5, 0.6) is 5.75 Å². The van der Waals surface area contributed by atoms with E-state index in [9.17, 15) is 9.00 Å². The highest BCUT2D eigenvalue weighted by atomic mass is 32.3. The van der Waals surface area contributed by atoms with Gasteiger partial charge in [0, 0.05) is 35.2 Å². The molecule has 0 bridgehead atoms. The number of ether oxygens (including phenoxy) is 1. The summed E-state index contributed by atoms with van der Waals surface area (Å²) in [6.07, 6.45) is 7.81. The first-order chi connectivity index (χ1) is 17.0. The summed E-state index contributed by atoms with van der Waals surface area (Å²) in [6, 6.07) is 17.6. The number of para-hydroxylation sites is 1. The Morgan fingerprint density at radius 2 is 1.66 bits per heavy atom. The van der Waals surface area contributed by atoms with E-state index < -0.39 is 9.07 Å². The van der Waals surface area contributed by atoms with Crippen molar-refractivity contribution in [2.45, 2.75) is 42.8 Å². The van der Waals surface area contributed by atoms with Crippen LogP contribution in [0.3, 0.4) is 0 Å². The molecule has 0 N–H and O–H groups in total. The van der Waals surface area contributed by atoms with Crippen LogP contribution < -0.4 is 15.2 Å². The molecule has 6 nitrogen and oxygen atoms in total. The van der Waals surface area contributed by atoms with Crippen LogP contribution in [0.1, 0.15) is 37.7 Å². The van der Waals surface area contributed by atoms with Crippen molar-refractivity contribution >= 4 is 14.8 Å². The number of anilines is 1. The molecular formula is C28H33N3O3S. The molecule has 0 atom stereocenters. The molecule has 3 aliphatic rings. The second-order valence-corrected chi connectivity index (χ2v) is 14.9. The van der Waals surface area contributed by atoms with Gasteiger partial charge >= 0.3 is 5.56 Å². The van der Waals surface area contributed by atoms with Crippen LogP contribution in [-0.4, -0.2) is 45.2 Å². The van der Waals surface area contributed by atoms with Crippen molar-refractivity contribution in [2.24, 2.45) is 5.92 Å². The predicted molar refractivity (Wildman–Crippen MR) is 140 cm³/mol. The van der Waals surface area contributed by atoms with E-state index in [0.717, 1.165) is 29.1 Å². The maximum atomic E-state index is 14.2. The second kappa shape index (κ2) is 8.63. The van der Waals surface area contributed by atoms with Crippen LogP contribution in [-0.2, 0) is 14.8 Å². The predicted octanol–water partition coefficient (Wildman–Crippen LogP) is 4.40. The number of rotatable bonds is 5. The molecule has 7 heteroatoms. The molecule has 2 aliphatic heterocycles. The largest absolute Gasteiger partial charge is 0.486 e. The van der Waals surface area contributed by atoms with Crippen molar-refractivity contribution in [3.05, 3.63) is 76.7 Å². The van der Waals surface area contributed by atoms with Crippen molar-refractivity contribution in [1.29, 1.82) is 0 Å². The summed E-state index contributed by atoms with van der Waals surface area (Å²) in [5, 5.41) is 4.52. The molecule has 0 unspecified atom stereocenters. The molecule has 2 aromatic carbocycles. The normalized spacial score (nSPS) is 21.9. The average Bonchev–Trinajstić information content (AvgIpc) is 2.89. The maximum Gasteiger partial charge on any atom is 0.316 e. The van der Waals surface area contributed by atoms with Crippen molar-refractivity contribution in [2.75, 3.05) is 36.1 Å². The quantitative estimate of drug-likeness (QED) is 0.529. The van der Waals surface area contributed by atoms with Gasteiger partial charge in [0.1, 0.15) is 5.69 Å². The fourth-order valence-electron chi connectivity index (χ4n) is 6.05. The maximum absolute atomic E-state index is 14.2. The van der Waals surface area contributed by atoms with E-state index in [1.54, 1.807) is 6.20 Å². The molecule has 1 saturated carbocycles. The minimum absolute atomic E-state index is 0.231. The third-order valence-corrected chi connectivity index (χ3v) is 12.9. The first-order valence-electron chi connectivity index (χ1n) is 12.8. The minimum atomic E-state index is -2.80. The van der Waals surface area contributed by atoms with Crippen LogP contribution >= 0.6 is 0 Å². The monoisotopic (exact) mass is 491 g/mol. The lowest BCUT2D eigenvalue weighted by molar-refractivity contribution is 0.206. The van der Waals surface area contributed by atoms with Gasteiger partial charge in [-0.15, -0.1) is 0 Å². The lowest BCUT2D eigenvalue weighted by Gasteiger charge is -2.55. The lowest BCUT2D eigenvalue weighted by Crippen LogP contribution is -2.59. The first kappa shape index (κ1) is 22.5. The summed E-state index contributed by atoms with van der Waals surface area (Å²) in [6.45, 7) is 1.83. The second-order valence-electron chi connectivity index (χ2n) is 10.4. The first-order valence-corrected chi connectivity index (χ1v) is 15.3. The summed E-state index contributed by atoms with van der Waals surface area (Å²) < 4.78 is 22.0. The summed E-state index contributed by atoms with van der Waals surface area (Å²) in [7, 11) is -2.80. The van der Waals surface area contributed by atoms with Gasteiger partial charge in [0.25, 0.3) is 0 Å². The fourth-order valence-corrected chi connectivity index (χ4v) is 10.4. The zero-order chi connectivity index (χ0) is 23.9. The van der Waals surface area contributed by atoms with E-state index in [-0.39, 0.29) is 5.56 Å². The molecule has 1 aromatic heterocycles. The zero-order valence-corrected chi connectivity index (χ0v) is 20.9. The van der Waals surface area contributed by atoms with Crippen molar-refractivity contribution in [3.8, 4) is 11.4 Å². The Balaban J connectivity index is 1.30. The Kier molecular flexibility index (Phi) is 5.55. The van der Waals surface area contributed by atoms with Crippen molar-refractivity contribution < 1.29 is 8.95 Å². The number of nitrogens with zero attached hydrogens (tertiary/aromatic N) is 3. The van der Waals surface area contributed by atoms with Crippen LogP contribution in [0.4, 0.5) is 5.69 Å². The van der Waals surface area contributed by atoms with E-state index in [1.807, 2.05) is 48.5 Å². The highest BCUT2D eigenvalue weighted by Crippen LogP contribution is 2.52. The summed E-state index contributed by atoms with van der Waals surface area (Å²) >= 11 is 0. The van der Waals surface area contributed by atoms with Gasteiger partial charge < -0.3 is 9.64 Å². The Morgan fingerprint density at radius 3 is 2.40 bits per heavy atom. The van der Waals surface area contributed by atoms with Crippen LogP contribution in [0.15, 0.2) is 70.5 Å². The highest BCUT2D eigenvalue weighted by molar-refractivity contribution is 8.20. The number of benzene rings is 2. The summed E-state index contributed by atoms with van der Waals surface area (Å²) in [4.78, 5) is 16.8. The van der Waals surface area contributed by atoms with Crippen LogP contribution in [0.2, 0.25) is 0 Å². The molecule has 6 rings (SSSR count). The topological polar surface area (TPSA) is 64.4 Å². The van der Waals surface area contributed by atoms with Gasteiger partial charge in [-0.2, -0.15) is 9.78 Å². The Morgan fingerprint density at radius 1 is 0.943 bits per heavy atom. The number of hydrogen-bond donors (Lipinski definition) is 0. The third-order valence-electron chi connectivity index (χ3n) is 8.13. The molecule has 1 aliphatic carbocycles. The highest BCUT2D eigenvalue weighted by Gasteiger charge is 2.50. The van der Waals surface area contributed by atoms with Crippen molar-refractivity contribution in [3.63, 3.8) is 0 Å². The Bertz CT molecular complexity index is 1350. The van der Waals surface area contributed by atoms with E-state index in [0.29, 0.717) is 48.6 Å². The Hall–Kier alpha value is -2.93. The van der Waals surface area contributed by atoms with Crippen LogP contribution in [0.25, 0.3) is 5.69 Å². The van der Waals surface area contributed by atoms with E-state index in [4.69, 9.17) is 4.74 Å². The molecule has 35 heavy (non-hydrogen) atoms. The van der Waals surface area contributed by atoms with Crippen LogP contribution in [0, 0.1) is 5.92 Å². The van der Waals surface area contributed by atoms with E-state index in [1.165, 1.54) is 29.5 Å². The van der Waals surface area contributed by atoms with Gasteiger partial charge in [-0.1, -0.05) is 64.7 Å². The molecule has 1 saturated heterocycles. The lowest BCUT2D eigenvalue weighted by atomic mass is 9.90. The average molecular weight is 492 g/mol. The van der Waals surface area contributed by atoms with Gasteiger partial charge in [-0.05, 0) is 42.5 Å². The standard InChI is InChI=1S/C28H33N3O3S/c32-28-27(34-20-22-9-3-1-4-10-22)25(19-29-31(28)24-12-5-2-6-13-24)30-15-17-35(33,18-16-30)21-23-11-7-8-14-26(23)35/h2,5-8,11-14,19,22H,1,3-4,9-10,15-18,20-21H2. The fraction of sp³-hybridized carbons (Fsp3) is 0.429. The number of fused-ring (bicyclic) bond motifs is 2.